The fourth-order valence-corrected chi connectivity index (χ4v) is 3.99. The lowest BCUT2D eigenvalue weighted by Crippen LogP contribution is -2.37. The zero-order valence-electron chi connectivity index (χ0n) is 16.8. The molecule has 1 aliphatic heterocycles. The molecule has 29 heavy (non-hydrogen) atoms. The summed E-state index contributed by atoms with van der Waals surface area (Å²) in [4.78, 5) is 30.4. The predicted octanol–water partition coefficient (Wildman–Crippen LogP) is 4.07. The Labute approximate surface area is 176 Å². The standard InChI is InChI=1S/C23H25N3O2S/c1-3-12-25(15-18-6-4-17(14-24)5-7-18)23(28)19-13-22(27)26(16-19)20-8-10-21(29-2)11-9-20/h4-11,19H,3,12-13,15-16H2,1-2H3. The van der Waals surface area contributed by atoms with E-state index in [-0.39, 0.29) is 24.2 Å². The number of anilines is 1. The first-order valence-corrected chi connectivity index (χ1v) is 11.0. The van der Waals surface area contributed by atoms with Crippen molar-refractivity contribution in [3.05, 3.63) is 59.7 Å². The highest BCUT2D eigenvalue weighted by Gasteiger charge is 2.37. The van der Waals surface area contributed by atoms with E-state index in [1.54, 1.807) is 28.8 Å². The minimum Gasteiger partial charge on any atom is -0.338 e. The predicted molar refractivity (Wildman–Crippen MR) is 116 cm³/mol. The summed E-state index contributed by atoms with van der Waals surface area (Å²) >= 11 is 1.66. The zero-order chi connectivity index (χ0) is 20.8. The molecule has 3 rings (SSSR count). The van der Waals surface area contributed by atoms with Crippen LogP contribution >= 0.6 is 11.8 Å². The van der Waals surface area contributed by atoms with Crippen molar-refractivity contribution < 1.29 is 9.59 Å². The fraction of sp³-hybridized carbons (Fsp3) is 0.348. The van der Waals surface area contributed by atoms with Crippen LogP contribution in [0.4, 0.5) is 5.69 Å². The van der Waals surface area contributed by atoms with Gasteiger partial charge in [0.1, 0.15) is 0 Å². The Kier molecular flexibility index (Phi) is 6.95. The molecule has 6 heteroatoms. The normalized spacial score (nSPS) is 16.0. The molecule has 1 saturated heterocycles. The summed E-state index contributed by atoms with van der Waals surface area (Å²) in [5, 5.41) is 8.95. The van der Waals surface area contributed by atoms with Gasteiger partial charge in [0.2, 0.25) is 11.8 Å². The van der Waals surface area contributed by atoms with Gasteiger partial charge in [-0.25, -0.2) is 0 Å². The number of carbonyl (C=O) groups is 2. The molecule has 2 aromatic carbocycles. The summed E-state index contributed by atoms with van der Waals surface area (Å²) < 4.78 is 0. The van der Waals surface area contributed by atoms with E-state index < -0.39 is 0 Å². The highest BCUT2D eigenvalue weighted by molar-refractivity contribution is 7.98. The van der Waals surface area contributed by atoms with Crippen LogP contribution in [0.2, 0.25) is 0 Å². The van der Waals surface area contributed by atoms with Gasteiger partial charge < -0.3 is 9.80 Å². The summed E-state index contributed by atoms with van der Waals surface area (Å²) in [6.45, 7) is 3.60. The molecule has 150 valence electrons. The van der Waals surface area contributed by atoms with Crippen molar-refractivity contribution in [3.63, 3.8) is 0 Å². The molecule has 1 aliphatic rings. The average molecular weight is 408 g/mol. The topological polar surface area (TPSA) is 64.4 Å². The van der Waals surface area contributed by atoms with Gasteiger partial charge in [-0.05, 0) is 54.6 Å². The third-order valence-electron chi connectivity index (χ3n) is 5.12. The Morgan fingerprint density at radius 3 is 2.48 bits per heavy atom. The third kappa shape index (κ3) is 4.99. The molecule has 1 unspecified atom stereocenters. The van der Waals surface area contributed by atoms with E-state index in [9.17, 15) is 9.59 Å². The monoisotopic (exact) mass is 407 g/mol. The zero-order valence-corrected chi connectivity index (χ0v) is 17.6. The Balaban J connectivity index is 1.70. The molecule has 1 atom stereocenters. The molecule has 0 radical (unpaired) electrons. The van der Waals surface area contributed by atoms with E-state index in [1.807, 2.05) is 54.5 Å². The van der Waals surface area contributed by atoms with E-state index in [0.29, 0.717) is 25.2 Å². The number of thioether (sulfide) groups is 1. The van der Waals surface area contributed by atoms with Gasteiger partial charge >= 0.3 is 0 Å². The van der Waals surface area contributed by atoms with Crippen LogP contribution in [0.25, 0.3) is 0 Å². The van der Waals surface area contributed by atoms with Crippen molar-refractivity contribution in [1.29, 1.82) is 5.26 Å². The SMILES string of the molecule is CCCN(Cc1ccc(C#N)cc1)C(=O)C1CC(=O)N(c2ccc(SC)cc2)C1. The van der Waals surface area contributed by atoms with E-state index in [0.717, 1.165) is 22.6 Å². The second-order valence-electron chi connectivity index (χ2n) is 7.17. The van der Waals surface area contributed by atoms with E-state index in [4.69, 9.17) is 5.26 Å². The Bertz CT molecular complexity index is 903. The Morgan fingerprint density at radius 1 is 1.21 bits per heavy atom. The average Bonchev–Trinajstić information content (AvgIpc) is 3.15. The first-order valence-electron chi connectivity index (χ1n) is 9.78. The molecular formula is C23H25N3O2S. The lowest BCUT2D eigenvalue weighted by Gasteiger charge is -2.25. The second-order valence-corrected chi connectivity index (χ2v) is 8.05. The first kappa shape index (κ1) is 20.9. The van der Waals surface area contributed by atoms with Gasteiger partial charge in [0, 0.05) is 36.6 Å². The van der Waals surface area contributed by atoms with Crippen molar-refractivity contribution in [3.8, 4) is 6.07 Å². The number of nitrogens with zero attached hydrogens (tertiary/aromatic N) is 3. The third-order valence-corrected chi connectivity index (χ3v) is 5.86. The van der Waals surface area contributed by atoms with Crippen molar-refractivity contribution in [1.82, 2.24) is 4.90 Å². The Hall–Kier alpha value is -2.78. The molecule has 5 nitrogen and oxygen atoms in total. The summed E-state index contributed by atoms with van der Waals surface area (Å²) in [5.74, 6) is -0.310. The maximum Gasteiger partial charge on any atom is 0.228 e. The number of hydrogen-bond acceptors (Lipinski definition) is 4. The lowest BCUT2D eigenvalue weighted by atomic mass is 10.1. The molecule has 2 amide bonds. The summed E-state index contributed by atoms with van der Waals surface area (Å²) in [6.07, 6.45) is 3.11. The molecule has 0 aliphatic carbocycles. The smallest absolute Gasteiger partial charge is 0.228 e. The first-order chi connectivity index (χ1) is 14.0. The fourth-order valence-electron chi connectivity index (χ4n) is 3.59. The van der Waals surface area contributed by atoms with Crippen molar-refractivity contribution in [2.45, 2.75) is 31.2 Å². The largest absolute Gasteiger partial charge is 0.338 e. The second kappa shape index (κ2) is 9.62. The molecular weight excluding hydrogens is 382 g/mol. The molecule has 0 bridgehead atoms. The number of benzene rings is 2. The van der Waals surface area contributed by atoms with Gasteiger partial charge in [0.05, 0.1) is 17.6 Å². The van der Waals surface area contributed by atoms with E-state index in [2.05, 4.69) is 6.07 Å². The molecule has 1 heterocycles. The molecule has 0 N–H and O–H groups in total. The highest BCUT2D eigenvalue weighted by Crippen LogP contribution is 2.28. The molecule has 0 aromatic heterocycles. The maximum atomic E-state index is 13.2. The highest BCUT2D eigenvalue weighted by atomic mass is 32.2. The van der Waals surface area contributed by atoms with Crippen LogP contribution < -0.4 is 4.90 Å². The van der Waals surface area contributed by atoms with Crippen molar-refractivity contribution >= 4 is 29.3 Å². The maximum absolute atomic E-state index is 13.2. The van der Waals surface area contributed by atoms with Crippen LogP contribution in [-0.4, -0.2) is 36.1 Å². The Morgan fingerprint density at radius 2 is 1.90 bits per heavy atom. The minimum absolute atomic E-state index is 0.00456. The molecule has 2 aromatic rings. The van der Waals surface area contributed by atoms with Gasteiger partial charge in [-0.1, -0.05) is 19.1 Å². The quantitative estimate of drug-likeness (QED) is 0.649. The van der Waals surface area contributed by atoms with Crippen LogP contribution in [0.3, 0.4) is 0 Å². The number of hydrogen-bond donors (Lipinski definition) is 0. The lowest BCUT2D eigenvalue weighted by molar-refractivity contribution is -0.136. The van der Waals surface area contributed by atoms with Gasteiger partial charge in [0.15, 0.2) is 0 Å². The van der Waals surface area contributed by atoms with Crippen molar-refractivity contribution in [2.75, 3.05) is 24.2 Å². The van der Waals surface area contributed by atoms with Crippen molar-refractivity contribution in [2.24, 2.45) is 5.92 Å². The summed E-state index contributed by atoms with van der Waals surface area (Å²) in [5.41, 5.74) is 2.43. The van der Waals surface area contributed by atoms with Gasteiger partial charge in [-0.3, -0.25) is 9.59 Å². The van der Waals surface area contributed by atoms with Gasteiger partial charge in [-0.2, -0.15) is 5.26 Å². The summed E-state index contributed by atoms with van der Waals surface area (Å²) in [6, 6.07) is 17.3. The van der Waals surface area contributed by atoms with Crippen LogP contribution in [-0.2, 0) is 16.1 Å². The van der Waals surface area contributed by atoms with Crippen LogP contribution in [0, 0.1) is 17.2 Å². The van der Waals surface area contributed by atoms with Crippen LogP contribution in [0.15, 0.2) is 53.4 Å². The number of nitriles is 1. The number of amides is 2. The van der Waals surface area contributed by atoms with Gasteiger partial charge in [-0.15, -0.1) is 11.8 Å². The van der Waals surface area contributed by atoms with Crippen LogP contribution in [0.1, 0.15) is 30.9 Å². The molecule has 0 saturated carbocycles. The summed E-state index contributed by atoms with van der Waals surface area (Å²) in [7, 11) is 0. The number of rotatable bonds is 7. The molecule has 1 fully saturated rings. The number of carbonyl (C=O) groups excluding carboxylic acids is 2. The van der Waals surface area contributed by atoms with E-state index in [1.165, 1.54) is 0 Å². The van der Waals surface area contributed by atoms with Crippen LogP contribution in [0.5, 0.6) is 0 Å². The van der Waals surface area contributed by atoms with E-state index >= 15 is 0 Å². The van der Waals surface area contributed by atoms with Gasteiger partial charge in [0.25, 0.3) is 0 Å². The molecule has 0 spiro atoms. The minimum atomic E-state index is -0.326.